The van der Waals surface area contributed by atoms with E-state index in [0.29, 0.717) is 11.7 Å². The number of hydrogen-bond donors (Lipinski definition) is 1. The number of nitrogens with zero attached hydrogens (tertiary/aromatic N) is 2. The van der Waals surface area contributed by atoms with Crippen LogP contribution < -0.4 is 5.73 Å². The van der Waals surface area contributed by atoms with Crippen LogP contribution in [-0.2, 0) is 6.42 Å². The van der Waals surface area contributed by atoms with Gasteiger partial charge in [-0.15, -0.1) is 0 Å². The minimum Gasteiger partial charge on any atom is -0.384 e. The maximum Gasteiger partial charge on any atom is 0.127 e. The molecule has 0 aliphatic heterocycles. The van der Waals surface area contributed by atoms with Crippen LogP contribution in [0.2, 0.25) is 0 Å². The van der Waals surface area contributed by atoms with E-state index in [-0.39, 0.29) is 0 Å². The lowest BCUT2D eigenvalue weighted by Gasteiger charge is -2.28. The first kappa shape index (κ1) is 11.3. The van der Waals surface area contributed by atoms with E-state index in [2.05, 4.69) is 24.3 Å². The summed E-state index contributed by atoms with van der Waals surface area (Å²) in [7, 11) is 0. The van der Waals surface area contributed by atoms with Crippen molar-refractivity contribution in [3.05, 3.63) is 77.5 Å². The smallest absolute Gasteiger partial charge is 0.127 e. The summed E-state index contributed by atoms with van der Waals surface area (Å²) < 4.78 is 1.82. The van der Waals surface area contributed by atoms with Gasteiger partial charge in [0.15, 0.2) is 0 Å². The SMILES string of the molecule is Nc1cc(C2Cc3ccccc32)nn1-c1ccccc1. The number of nitrogens with two attached hydrogens (primary N) is 1. The maximum atomic E-state index is 6.11. The van der Waals surface area contributed by atoms with Gasteiger partial charge in [-0.05, 0) is 29.7 Å². The minimum absolute atomic E-state index is 0.387. The second-order valence-electron chi connectivity index (χ2n) is 5.20. The summed E-state index contributed by atoms with van der Waals surface area (Å²) in [4.78, 5) is 0. The van der Waals surface area contributed by atoms with Crippen molar-refractivity contribution in [2.24, 2.45) is 0 Å². The molecule has 2 N–H and O–H groups in total. The maximum absolute atomic E-state index is 6.11. The van der Waals surface area contributed by atoms with Gasteiger partial charge in [0.05, 0.1) is 11.4 Å². The molecule has 0 saturated carbocycles. The Morgan fingerprint density at radius 1 is 1.00 bits per heavy atom. The van der Waals surface area contributed by atoms with Gasteiger partial charge in [0.2, 0.25) is 0 Å². The molecule has 1 atom stereocenters. The molecule has 3 nitrogen and oxygen atoms in total. The molecule has 1 aromatic heterocycles. The largest absolute Gasteiger partial charge is 0.384 e. The highest BCUT2D eigenvalue weighted by Crippen LogP contribution is 2.39. The summed E-state index contributed by atoms with van der Waals surface area (Å²) in [6.07, 6.45) is 1.06. The zero-order valence-corrected chi connectivity index (χ0v) is 11.0. The number of fused-ring (bicyclic) bond motifs is 1. The average Bonchev–Trinajstić information content (AvgIpc) is 2.83. The Bertz CT molecular complexity index is 759. The average molecular weight is 261 g/mol. The van der Waals surface area contributed by atoms with Gasteiger partial charge in [-0.3, -0.25) is 0 Å². The van der Waals surface area contributed by atoms with Crippen LogP contribution in [0.25, 0.3) is 5.69 Å². The predicted octanol–water partition coefficient (Wildman–Crippen LogP) is 3.14. The topological polar surface area (TPSA) is 43.8 Å². The van der Waals surface area contributed by atoms with E-state index in [1.54, 1.807) is 0 Å². The first-order valence-corrected chi connectivity index (χ1v) is 6.81. The van der Waals surface area contributed by atoms with Gasteiger partial charge in [-0.2, -0.15) is 5.10 Å². The fourth-order valence-corrected chi connectivity index (χ4v) is 2.88. The number of benzene rings is 2. The summed E-state index contributed by atoms with van der Waals surface area (Å²) in [5.41, 5.74) is 11.0. The van der Waals surface area contributed by atoms with Gasteiger partial charge in [-0.1, -0.05) is 42.5 Å². The Hall–Kier alpha value is -2.55. The van der Waals surface area contributed by atoms with Crippen LogP contribution >= 0.6 is 0 Å². The fourth-order valence-electron chi connectivity index (χ4n) is 2.88. The molecule has 3 aromatic rings. The number of rotatable bonds is 2. The first-order chi connectivity index (χ1) is 9.83. The first-order valence-electron chi connectivity index (χ1n) is 6.81. The summed E-state index contributed by atoms with van der Waals surface area (Å²) in [6.45, 7) is 0. The molecule has 3 heteroatoms. The Kier molecular flexibility index (Phi) is 2.39. The second-order valence-corrected chi connectivity index (χ2v) is 5.20. The van der Waals surface area contributed by atoms with Gasteiger partial charge in [-0.25, -0.2) is 4.68 Å². The number of anilines is 1. The molecule has 0 radical (unpaired) electrons. The molecule has 1 aliphatic carbocycles. The van der Waals surface area contributed by atoms with Crippen LogP contribution in [0.5, 0.6) is 0 Å². The summed E-state index contributed by atoms with van der Waals surface area (Å²) in [5, 5.41) is 4.69. The van der Waals surface area contributed by atoms with Gasteiger partial charge in [0.1, 0.15) is 5.82 Å². The van der Waals surface area contributed by atoms with E-state index in [4.69, 9.17) is 10.8 Å². The van der Waals surface area contributed by atoms with E-state index in [1.807, 2.05) is 41.1 Å². The highest BCUT2D eigenvalue weighted by atomic mass is 15.3. The lowest BCUT2D eigenvalue weighted by atomic mass is 9.76. The van der Waals surface area contributed by atoms with Crippen LogP contribution in [-0.4, -0.2) is 9.78 Å². The van der Waals surface area contributed by atoms with Crippen LogP contribution in [0.4, 0.5) is 5.82 Å². The lowest BCUT2D eigenvalue weighted by Crippen LogP contribution is -2.18. The normalized spacial score (nSPS) is 16.5. The van der Waals surface area contributed by atoms with E-state index in [9.17, 15) is 0 Å². The summed E-state index contributed by atoms with van der Waals surface area (Å²) in [6, 6.07) is 20.5. The Labute approximate surface area is 117 Å². The molecule has 1 aliphatic rings. The molecule has 4 rings (SSSR count). The molecule has 0 fully saturated rings. The Morgan fingerprint density at radius 2 is 1.75 bits per heavy atom. The molecule has 1 heterocycles. The molecular weight excluding hydrogens is 246 g/mol. The van der Waals surface area contributed by atoms with E-state index in [1.165, 1.54) is 11.1 Å². The van der Waals surface area contributed by atoms with Crippen molar-refractivity contribution in [3.63, 3.8) is 0 Å². The van der Waals surface area contributed by atoms with Crippen LogP contribution in [0, 0.1) is 0 Å². The van der Waals surface area contributed by atoms with Gasteiger partial charge in [0, 0.05) is 12.0 Å². The number of hydrogen-bond acceptors (Lipinski definition) is 2. The van der Waals surface area contributed by atoms with Crippen molar-refractivity contribution in [1.29, 1.82) is 0 Å². The molecule has 1 unspecified atom stereocenters. The highest BCUT2D eigenvalue weighted by Gasteiger charge is 2.29. The van der Waals surface area contributed by atoms with Crippen molar-refractivity contribution in [3.8, 4) is 5.69 Å². The van der Waals surface area contributed by atoms with Crippen molar-refractivity contribution in [2.75, 3.05) is 5.73 Å². The van der Waals surface area contributed by atoms with Crippen molar-refractivity contribution in [1.82, 2.24) is 9.78 Å². The van der Waals surface area contributed by atoms with Crippen molar-refractivity contribution in [2.45, 2.75) is 12.3 Å². The molecular formula is C17H15N3. The summed E-state index contributed by atoms with van der Waals surface area (Å²) >= 11 is 0. The molecule has 0 spiro atoms. The van der Waals surface area contributed by atoms with Gasteiger partial charge in [0.25, 0.3) is 0 Å². The number of nitrogen functional groups attached to an aromatic ring is 1. The molecule has 2 aromatic carbocycles. The van der Waals surface area contributed by atoms with Gasteiger partial charge >= 0.3 is 0 Å². The lowest BCUT2D eigenvalue weighted by molar-refractivity contribution is 0.670. The van der Waals surface area contributed by atoms with Crippen LogP contribution in [0.1, 0.15) is 22.7 Å². The Morgan fingerprint density at radius 3 is 2.55 bits per heavy atom. The third-order valence-corrected chi connectivity index (χ3v) is 3.97. The van der Waals surface area contributed by atoms with Crippen molar-refractivity contribution >= 4 is 5.82 Å². The number of para-hydroxylation sites is 1. The van der Waals surface area contributed by atoms with E-state index < -0.39 is 0 Å². The molecule has 0 amide bonds. The van der Waals surface area contributed by atoms with Gasteiger partial charge < -0.3 is 5.73 Å². The third kappa shape index (κ3) is 1.63. The zero-order valence-electron chi connectivity index (χ0n) is 11.0. The van der Waals surface area contributed by atoms with E-state index >= 15 is 0 Å². The molecule has 20 heavy (non-hydrogen) atoms. The van der Waals surface area contributed by atoms with Crippen LogP contribution in [0.15, 0.2) is 60.7 Å². The predicted molar refractivity (Wildman–Crippen MR) is 80.0 cm³/mol. The standard InChI is InChI=1S/C17H15N3/c18-17-11-16(15-10-12-6-4-5-9-14(12)15)19-20(17)13-7-2-1-3-8-13/h1-9,11,15H,10,18H2. The fraction of sp³-hybridized carbons (Fsp3) is 0.118. The van der Waals surface area contributed by atoms with E-state index in [0.717, 1.165) is 17.8 Å². The molecule has 0 saturated heterocycles. The summed E-state index contributed by atoms with van der Waals surface area (Å²) in [5.74, 6) is 1.08. The van der Waals surface area contributed by atoms with Crippen molar-refractivity contribution < 1.29 is 0 Å². The zero-order chi connectivity index (χ0) is 13.5. The monoisotopic (exact) mass is 261 g/mol. The van der Waals surface area contributed by atoms with Crippen LogP contribution in [0.3, 0.4) is 0 Å². The minimum atomic E-state index is 0.387. The second kappa shape index (κ2) is 4.23. The quantitative estimate of drug-likeness (QED) is 0.770. The number of aromatic nitrogens is 2. The Balaban J connectivity index is 1.73. The highest BCUT2D eigenvalue weighted by molar-refractivity contribution is 5.50. The molecule has 98 valence electrons. The molecule has 0 bridgehead atoms. The third-order valence-electron chi connectivity index (χ3n) is 3.97.